The van der Waals surface area contributed by atoms with Gasteiger partial charge in [-0.05, 0) is 32.8 Å². The molecule has 0 radical (unpaired) electrons. The van der Waals surface area contributed by atoms with Crippen molar-refractivity contribution in [3.05, 3.63) is 42.0 Å². The topological polar surface area (TPSA) is 27.7 Å². The Morgan fingerprint density at radius 2 is 1.45 bits per heavy atom. The molecule has 0 aliphatic carbocycles. The Morgan fingerprint density at radius 1 is 0.900 bits per heavy atom. The van der Waals surface area contributed by atoms with Gasteiger partial charge in [-0.25, -0.2) is 0 Å². The molecule has 3 nitrogen and oxygen atoms in total. The van der Waals surface area contributed by atoms with Gasteiger partial charge in [0.1, 0.15) is 0 Å². The van der Waals surface area contributed by atoms with Crippen molar-refractivity contribution in [1.29, 1.82) is 0 Å². The van der Waals surface area contributed by atoms with Crippen molar-refractivity contribution in [2.24, 2.45) is 0 Å². The van der Waals surface area contributed by atoms with E-state index in [4.69, 9.17) is 13.3 Å². The summed E-state index contributed by atoms with van der Waals surface area (Å²) in [6.45, 7) is 7.86. The van der Waals surface area contributed by atoms with E-state index in [1.165, 1.54) is 5.56 Å². The Morgan fingerprint density at radius 3 is 1.95 bits per heavy atom. The van der Waals surface area contributed by atoms with Crippen LogP contribution < -0.4 is 0 Å². The maximum Gasteiger partial charge on any atom is 0.501 e. The Bertz CT molecular complexity index is 362. The van der Waals surface area contributed by atoms with E-state index in [0.29, 0.717) is 19.8 Å². The molecule has 0 bridgehead atoms. The van der Waals surface area contributed by atoms with Crippen LogP contribution in [0, 0.1) is 0 Å². The van der Waals surface area contributed by atoms with Gasteiger partial charge in [0.15, 0.2) is 0 Å². The maximum absolute atomic E-state index is 5.82. The van der Waals surface area contributed by atoms with E-state index < -0.39 is 8.80 Å². The summed E-state index contributed by atoms with van der Waals surface area (Å²) in [6, 6.07) is 11.1. The van der Waals surface area contributed by atoms with Crippen LogP contribution in [0.4, 0.5) is 0 Å². The Kier molecular flexibility index (Phi) is 8.45. The lowest BCUT2D eigenvalue weighted by Crippen LogP contribution is -2.45. The first-order valence-electron chi connectivity index (χ1n) is 7.39. The van der Waals surface area contributed by atoms with Crippen LogP contribution in [0.3, 0.4) is 0 Å². The molecular weight excluding hydrogens is 268 g/mol. The van der Waals surface area contributed by atoms with Gasteiger partial charge in [0.25, 0.3) is 0 Å². The summed E-state index contributed by atoms with van der Waals surface area (Å²) < 4.78 is 17.5. The number of hydrogen-bond donors (Lipinski definition) is 0. The van der Waals surface area contributed by atoms with Crippen molar-refractivity contribution < 1.29 is 13.3 Å². The van der Waals surface area contributed by atoms with Crippen molar-refractivity contribution in [2.75, 3.05) is 19.8 Å². The lowest BCUT2D eigenvalue weighted by molar-refractivity contribution is 0.0716. The molecule has 0 unspecified atom stereocenters. The summed E-state index contributed by atoms with van der Waals surface area (Å²) in [5, 5.41) is 0. The molecule has 112 valence electrons. The molecule has 1 rings (SSSR count). The molecule has 0 N–H and O–H groups in total. The maximum atomic E-state index is 5.82. The normalized spacial score (nSPS) is 12.2. The molecule has 0 amide bonds. The van der Waals surface area contributed by atoms with Crippen molar-refractivity contribution in [3.63, 3.8) is 0 Å². The molecule has 1 aromatic carbocycles. The van der Waals surface area contributed by atoms with Gasteiger partial charge < -0.3 is 13.3 Å². The van der Waals surface area contributed by atoms with E-state index >= 15 is 0 Å². The van der Waals surface area contributed by atoms with E-state index in [-0.39, 0.29) is 0 Å². The third-order valence-corrected chi connectivity index (χ3v) is 5.91. The van der Waals surface area contributed by atoms with Gasteiger partial charge in [0, 0.05) is 25.9 Å². The zero-order valence-corrected chi connectivity index (χ0v) is 13.8. The molecule has 0 heterocycles. The van der Waals surface area contributed by atoms with Crippen LogP contribution in [0.25, 0.3) is 6.08 Å². The van der Waals surface area contributed by atoms with Crippen molar-refractivity contribution in [3.8, 4) is 0 Å². The average molecular weight is 294 g/mol. The molecule has 4 heteroatoms. The van der Waals surface area contributed by atoms with Gasteiger partial charge in [-0.1, -0.05) is 42.5 Å². The third kappa shape index (κ3) is 6.01. The van der Waals surface area contributed by atoms with Crippen LogP contribution in [0.1, 0.15) is 32.8 Å². The minimum Gasteiger partial charge on any atom is -0.374 e. The SMILES string of the molecule is CCO[Si](CCC=Cc1ccccc1)(OCC)OCC. The molecule has 1 aromatic rings. The Balaban J connectivity index is 2.54. The van der Waals surface area contributed by atoms with E-state index in [0.717, 1.165) is 12.5 Å². The molecule has 0 aliphatic rings. The van der Waals surface area contributed by atoms with Crippen molar-refractivity contribution in [1.82, 2.24) is 0 Å². The van der Waals surface area contributed by atoms with E-state index in [1.807, 2.05) is 39.0 Å². The Labute approximate surface area is 123 Å². The van der Waals surface area contributed by atoms with Gasteiger partial charge >= 0.3 is 8.80 Å². The molecular formula is C16H26O3Si. The largest absolute Gasteiger partial charge is 0.501 e. The summed E-state index contributed by atoms with van der Waals surface area (Å²) >= 11 is 0. The van der Waals surface area contributed by atoms with Crippen molar-refractivity contribution >= 4 is 14.9 Å². The van der Waals surface area contributed by atoms with Gasteiger partial charge in [-0.3, -0.25) is 0 Å². The van der Waals surface area contributed by atoms with E-state index in [9.17, 15) is 0 Å². The second-order valence-electron chi connectivity index (χ2n) is 4.33. The number of hydrogen-bond acceptors (Lipinski definition) is 3. The van der Waals surface area contributed by atoms with Gasteiger partial charge in [-0.2, -0.15) is 0 Å². The van der Waals surface area contributed by atoms with Crippen LogP contribution in [-0.2, 0) is 13.3 Å². The number of benzene rings is 1. The molecule has 0 aliphatic heterocycles. The molecule has 0 saturated heterocycles. The molecule has 0 spiro atoms. The predicted molar refractivity (Wildman–Crippen MR) is 85.5 cm³/mol. The van der Waals surface area contributed by atoms with Crippen LogP contribution in [-0.4, -0.2) is 28.6 Å². The zero-order chi connectivity index (χ0) is 14.7. The van der Waals surface area contributed by atoms with Gasteiger partial charge in [-0.15, -0.1) is 0 Å². The first-order valence-corrected chi connectivity index (χ1v) is 9.33. The highest BCUT2D eigenvalue weighted by Gasteiger charge is 2.39. The third-order valence-electron chi connectivity index (χ3n) is 2.82. The summed E-state index contributed by atoms with van der Waals surface area (Å²) in [4.78, 5) is 0. The van der Waals surface area contributed by atoms with Crippen LogP contribution in [0.2, 0.25) is 6.04 Å². The summed E-state index contributed by atoms with van der Waals surface area (Å²) in [6.07, 6.45) is 5.19. The monoisotopic (exact) mass is 294 g/mol. The Hall–Kier alpha value is -0.943. The predicted octanol–water partition coefficient (Wildman–Crippen LogP) is 4.14. The quantitative estimate of drug-likeness (QED) is 0.607. The highest BCUT2D eigenvalue weighted by Crippen LogP contribution is 2.19. The average Bonchev–Trinajstić information content (AvgIpc) is 2.46. The summed E-state index contributed by atoms with van der Waals surface area (Å²) in [5.74, 6) is 0. The second-order valence-corrected chi connectivity index (χ2v) is 7.07. The minimum absolute atomic E-state index is 0.634. The van der Waals surface area contributed by atoms with Crippen LogP contribution in [0.15, 0.2) is 36.4 Å². The molecule has 0 aromatic heterocycles. The number of rotatable bonds is 10. The van der Waals surface area contributed by atoms with Crippen LogP contribution in [0.5, 0.6) is 0 Å². The van der Waals surface area contributed by atoms with Gasteiger partial charge in [0.05, 0.1) is 0 Å². The fourth-order valence-electron chi connectivity index (χ4n) is 2.04. The molecule has 0 saturated carbocycles. The fourth-order valence-corrected chi connectivity index (χ4v) is 4.57. The highest BCUT2D eigenvalue weighted by molar-refractivity contribution is 6.60. The smallest absolute Gasteiger partial charge is 0.374 e. The zero-order valence-electron chi connectivity index (χ0n) is 12.8. The lowest BCUT2D eigenvalue weighted by atomic mass is 10.2. The fraction of sp³-hybridized carbons (Fsp3) is 0.500. The van der Waals surface area contributed by atoms with E-state index in [2.05, 4.69) is 24.3 Å². The highest BCUT2D eigenvalue weighted by atomic mass is 28.4. The summed E-state index contributed by atoms with van der Waals surface area (Å²) in [5.41, 5.74) is 1.21. The molecule has 0 fully saturated rings. The van der Waals surface area contributed by atoms with Crippen LogP contribution >= 0.6 is 0 Å². The van der Waals surface area contributed by atoms with Crippen molar-refractivity contribution in [2.45, 2.75) is 33.2 Å². The lowest BCUT2D eigenvalue weighted by Gasteiger charge is -2.28. The van der Waals surface area contributed by atoms with E-state index in [1.54, 1.807) is 0 Å². The number of allylic oxidation sites excluding steroid dienone is 1. The first-order chi connectivity index (χ1) is 9.76. The second kappa shape index (κ2) is 9.88. The molecule has 0 atom stereocenters. The van der Waals surface area contributed by atoms with Gasteiger partial charge in [0.2, 0.25) is 0 Å². The minimum atomic E-state index is -2.48. The standard InChI is InChI=1S/C16H26O3Si/c1-4-17-20(18-5-2,19-6-3)15-11-10-14-16-12-8-7-9-13-16/h7-10,12-14H,4-6,11,15H2,1-3H3. The first kappa shape index (κ1) is 17.1. The molecule has 20 heavy (non-hydrogen) atoms. The summed E-state index contributed by atoms with van der Waals surface area (Å²) in [7, 11) is -2.48.